The van der Waals surface area contributed by atoms with Gasteiger partial charge in [0, 0.05) is 18.6 Å². The molecule has 1 aliphatic heterocycles. The van der Waals surface area contributed by atoms with E-state index in [1.54, 1.807) is 6.07 Å². The molecular formula is C17H27NO2. The SMILES string of the molecule is CC(C)CNCC1(Cc2cccc(O)c2)CCOC1C. The number of hydrogen-bond donors (Lipinski definition) is 2. The third kappa shape index (κ3) is 3.74. The van der Waals surface area contributed by atoms with Crippen LogP contribution in [0.2, 0.25) is 0 Å². The van der Waals surface area contributed by atoms with E-state index in [2.05, 4.69) is 32.2 Å². The first-order valence-electron chi connectivity index (χ1n) is 7.62. The molecule has 2 unspecified atom stereocenters. The summed E-state index contributed by atoms with van der Waals surface area (Å²) in [5, 5.41) is 13.2. The fourth-order valence-electron chi connectivity index (χ4n) is 3.03. The summed E-state index contributed by atoms with van der Waals surface area (Å²) in [4.78, 5) is 0. The first-order chi connectivity index (χ1) is 9.52. The lowest BCUT2D eigenvalue weighted by molar-refractivity contribution is 0.0627. The molecule has 1 aromatic carbocycles. The fraction of sp³-hybridized carbons (Fsp3) is 0.647. The highest BCUT2D eigenvalue weighted by atomic mass is 16.5. The molecule has 1 heterocycles. The predicted molar refractivity (Wildman–Crippen MR) is 82.0 cm³/mol. The minimum atomic E-state index is 0.142. The molecule has 3 nitrogen and oxygen atoms in total. The van der Waals surface area contributed by atoms with Gasteiger partial charge in [-0.15, -0.1) is 0 Å². The van der Waals surface area contributed by atoms with Crippen LogP contribution in [0, 0.1) is 11.3 Å². The van der Waals surface area contributed by atoms with Crippen molar-refractivity contribution in [3.05, 3.63) is 29.8 Å². The van der Waals surface area contributed by atoms with Crippen molar-refractivity contribution in [1.82, 2.24) is 5.32 Å². The maximum Gasteiger partial charge on any atom is 0.115 e. The van der Waals surface area contributed by atoms with Gasteiger partial charge >= 0.3 is 0 Å². The Morgan fingerprint density at radius 1 is 1.45 bits per heavy atom. The molecule has 2 atom stereocenters. The molecule has 2 rings (SSSR count). The van der Waals surface area contributed by atoms with Gasteiger partial charge in [0.15, 0.2) is 0 Å². The van der Waals surface area contributed by atoms with E-state index in [1.807, 2.05) is 12.1 Å². The molecule has 112 valence electrons. The van der Waals surface area contributed by atoms with Gasteiger partial charge in [0.2, 0.25) is 0 Å². The number of benzene rings is 1. The zero-order valence-electron chi connectivity index (χ0n) is 12.9. The van der Waals surface area contributed by atoms with Gasteiger partial charge in [-0.3, -0.25) is 0 Å². The second-order valence-electron chi connectivity index (χ2n) is 6.50. The van der Waals surface area contributed by atoms with Gasteiger partial charge in [0.05, 0.1) is 6.10 Å². The van der Waals surface area contributed by atoms with E-state index >= 15 is 0 Å². The van der Waals surface area contributed by atoms with E-state index in [0.29, 0.717) is 11.7 Å². The highest BCUT2D eigenvalue weighted by Gasteiger charge is 2.41. The van der Waals surface area contributed by atoms with Gasteiger partial charge in [0.1, 0.15) is 5.75 Å². The number of rotatable bonds is 6. The van der Waals surface area contributed by atoms with Crippen molar-refractivity contribution in [1.29, 1.82) is 0 Å². The Morgan fingerprint density at radius 2 is 2.25 bits per heavy atom. The van der Waals surface area contributed by atoms with Gasteiger partial charge in [-0.1, -0.05) is 26.0 Å². The second kappa shape index (κ2) is 6.59. The molecule has 0 radical (unpaired) electrons. The van der Waals surface area contributed by atoms with Crippen LogP contribution < -0.4 is 5.32 Å². The summed E-state index contributed by atoms with van der Waals surface area (Å²) in [6, 6.07) is 7.60. The van der Waals surface area contributed by atoms with Crippen molar-refractivity contribution in [3.8, 4) is 5.75 Å². The van der Waals surface area contributed by atoms with Crippen molar-refractivity contribution in [2.45, 2.75) is 39.7 Å². The van der Waals surface area contributed by atoms with E-state index in [4.69, 9.17) is 4.74 Å². The van der Waals surface area contributed by atoms with Gasteiger partial charge in [-0.25, -0.2) is 0 Å². The Bertz CT molecular complexity index is 433. The normalized spacial score (nSPS) is 26.3. The lowest BCUT2D eigenvalue weighted by Crippen LogP contribution is -2.42. The van der Waals surface area contributed by atoms with Crippen LogP contribution in [0.3, 0.4) is 0 Å². The number of ether oxygens (including phenoxy) is 1. The quantitative estimate of drug-likeness (QED) is 0.840. The molecule has 1 fully saturated rings. The summed E-state index contributed by atoms with van der Waals surface area (Å²) < 4.78 is 5.83. The largest absolute Gasteiger partial charge is 0.508 e. The molecule has 0 amide bonds. The highest BCUT2D eigenvalue weighted by molar-refractivity contribution is 5.28. The summed E-state index contributed by atoms with van der Waals surface area (Å²) in [5.74, 6) is 1.00. The van der Waals surface area contributed by atoms with Gasteiger partial charge in [-0.2, -0.15) is 0 Å². The van der Waals surface area contributed by atoms with Crippen LogP contribution in [0.25, 0.3) is 0 Å². The fourth-order valence-corrected chi connectivity index (χ4v) is 3.03. The van der Waals surface area contributed by atoms with Crippen LogP contribution in [0.4, 0.5) is 0 Å². The number of phenolic OH excluding ortho intramolecular Hbond substituents is 1. The topological polar surface area (TPSA) is 41.5 Å². The molecule has 1 aromatic rings. The predicted octanol–water partition coefficient (Wildman–Crippen LogP) is 2.98. The summed E-state index contributed by atoms with van der Waals surface area (Å²) in [6.07, 6.45) is 2.28. The lowest BCUT2D eigenvalue weighted by Gasteiger charge is -2.33. The maximum absolute atomic E-state index is 9.64. The van der Waals surface area contributed by atoms with E-state index in [1.165, 1.54) is 5.56 Å². The van der Waals surface area contributed by atoms with Crippen molar-refractivity contribution >= 4 is 0 Å². The third-order valence-electron chi connectivity index (χ3n) is 4.33. The minimum absolute atomic E-state index is 0.142. The highest BCUT2D eigenvalue weighted by Crippen LogP contribution is 2.38. The summed E-state index contributed by atoms with van der Waals surface area (Å²) in [7, 11) is 0. The average Bonchev–Trinajstić information content (AvgIpc) is 2.70. The molecule has 1 saturated heterocycles. The Kier molecular flexibility index (Phi) is 5.06. The molecule has 3 heteroatoms. The molecule has 2 N–H and O–H groups in total. The Morgan fingerprint density at radius 3 is 2.85 bits per heavy atom. The van der Waals surface area contributed by atoms with Crippen LogP contribution in [-0.2, 0) is 11.2 Å². The molecule has 0 spiro atoms. The average molecular weight is 277 g/mol. The summed E-state index contributed by atoms with van der Waals surface area (Å²) in [5.41, 5.74) is 1.33. The van der Waals surface area contributed by atoms with Crippen molar-refractivity contribution in [2.75, 3.05) is 19.7 Å². The van der Waals surface area contributed by atoms with Crippen LogP contribution in [-0.4, -0.2) is 30.9 Å². The zero-order chi connectivity index (χ0) is 14.6. The lowest BCUT2D eigenvalue weighted by atomic mass is 9.76. The molecular weight excluding hydrogens is 250 g/mol. The summed E-state index contributed by atoms with van der Waals surface area (Å²) >= 11 is 0. The number of aromatic hydroxyl groups is 1. The van der Waals surface area contributed by atoms with E-state index < -0.39 is 0 Å². The monoisotopic (exact) mass is 277 g/mol. The molecule has 1 aliphatic rings. The molecule has 0 saturated carbocycles. The number of phenols is 1. The smallest absolute Gasteiger partial charge is 0.115 e. The van der Waals surface area contributed by atoms with Gasteiger partial charge in [-0.05, 0) is 49.9 Å². The third-order valence-corrected chi connectivity index (χ3v) is 4.33. The molecule has 20 heavy (non-hydrogen) atoms. The summed E-state index contributed by atoms with van der Waals surface area (Å²) in [6.45, 7) is 9.47. The van der Waals surface area contributed by atoms with Crippen molar-refractivity contribution in [2.24, 2.45) is 11.3 Å². The first kappa shape index (κ1) is 15.3. The molecule has 0 aliphatic carbocycles. The van der Waals surface area contributed by atoms with E-state index in [9.17, 15) is 5.11 Å². The maximum atomic E-state index is 9.64. The van der Waals surface area contributed by atoms with Gasteiger partial charge < -0.3 is 15.2 Å². The van der Waals surface area contributed by atoms with E-state index in [-0.39, 0.29) is 11.5 Å². The van der Waals surface area contributed by atoms with Crippen molar-refractivity contribution < 1.29 is 9.84 Å². The molecule has 0 bridgehead atoms. The Labute approximate surface area is 122 Å². The van der Waals surface area contributed by atoms with Crippen LogP contribution in [0.15, 0.2) is 24.3 Å². The minimum Gasteiger partial charge on any atom is -0.508 e. The zero-order valence-corrected chi connectivity index (χ0v) is 12.9. The number of nitrogens with one attached hydrogen (secondary N) is 1. The van der Waals surface area contributed by atoms with Crippen LogP contribution in [0.1, 0.15) is 32.8 Å². The molecule has 0 aromatic heterocycles. The van der Waals surface area contributed by atoms with Crippen molar-refractivity contribution in [3.63, 3.8) is 0 Å². The Balaban J connectivity index is 2.07. The Hall–Kier alpha value is -1.06. The second-order valence-corrected chi connectivity index (χ2v) is 6.50. The van der Waals surface area contributed by atoms with Crippen LogP contribution in [0.5, 0.6) is 5.75 Å². The first-order valence-corrected chi connectivity index (χ1v) is 7.62. The van der Waals surface area contributed by atoms with E-state index in [0.717, 1.165) is 32.5 Å². The standard InChI is InChI=1S/C17H27NO2/c1-13(2)11-18-12-17(7-8-20-14(17)3)10-15-5-4-6-16(19)9-15/h4-6,9,13-14,18-19H,7-8,10-12H2,1-3H3. The van der Waals surface area contributed by atoms with Crippen LogP contribution >= 0.6 is 0 Å². The number of hydrogen-bond acceptors (Lipinski definition) is 3. The van der Waals surface area contributed by atoms with Gasteiger partial charge in [0.25, 0.3) is 0 Å².